The fourth-order valence-electron chi connectivity index (χ4n) is 2.10. The highest BCUT2D eigenvalue weighted by Crippen LogP contribution is 2.27. The van der Waals surface area contributed by atoms with Crippen LogP contribution in [0.1, 0.15) is 37.9 Å². The van der Waals surface area contributed by atoms with Gasteiger partial charge in [-0.15, -0.1) is 0 Å². The van der Waals surface area contributed by atoms with Crippen LogP contribution in [-0.4, -0.2) is 11.5 Å². The number of anilines is 1. The zero-order valence-electron chi connectivity index (χ0n) is 12.7. The number of hydrogen-bond donors (Lipinski definition) is 1. The number of hydrogen-bond acceptors (Lipinski definition) is 3. The van der Waals surface area contributed by atoms with Gasteiger partial charge in [0.15, 0.2) is 0 Å². The first-order chi connectivity index (χ1) is 10.1. The smallest absolute Gasteiger partial charge is 0.132 e. The van der Waals surface area contributed by atoms with Gasteiger partial charge < -0.3 is 10.1 Å². The van der Waals surface area contributed by atoms with Gasteiger partial charge in [-0.25, -0.2) is 4.98 Å². The molecule has 0 bridgehead atoms. The van der Waals surface area contributed by atoms with Crippen LogP contribution in [0.5, 0.6) is 5.75 Å². The van der Waals surface area contributed by atoms with Gasteiger partial charge in [-0.2, -0.15) is 0 Å². The van der Waals surface area contributed by atoms with Gasteiger partial charge in [0.25, 0.3) is 0 Å². The highest BCUT2D eigenvalue weighted by Gasteiger charge is 2.09. The van der Waals surface area contributed by atoms with Crippen LogP contribution in [0.25, 0.3) is 0 Å². The lowest BCUT2D eigenvalue weighted by molar-refractivity contribution is 0.297. The summed E-state index contributed by atoms with van der Waals surface area (Å²) in [6, 6.07) is 11.8. The maximum Gasteiger partial charge on any atom is 0.132 e. The molecule has 0 aliphatic heterocycles. The molecule has 0 spiro atoms. The highest BCUT2D eigenvalue weighted by molar-refractivity contribution is 6.31. The maximum absolute atomic E-state index is 6.19. The third-order valence-electron chi connectivity index (χ3n) is 3.18. The SMILES string of the molecule is CCNc1ccc(Cl)c(COc2ccccc2C(C)C)n1. The molecule has 0 atom stereocenters. The molecule has 0 aliphatic rings. The molecule has 1 aromatic carbocycles. The van der Waals surface area contributed by atoms with Crippen LogP contribution in [0.3, 0.4) is 0 Å². The second-order valence-electron chi connectivity index (χ2n) is 5.14. The summed E-state index contributed by atoms with van der Waals surface area (Å²) in [5.41, 5.74) is 1.94. The number of aromatic nitrogens is 1. The molecule has 0 radical (unpaired) electrons. The summed E-state index contributed by atoms with van der Waals surface area (Å²) in [4.78, 5) is 4.48. The fraction of sp³-hybridized carbons (Fsp3) is 0.353. The van der Waals surface area contributed by atoms with E-state index in [-0.39, 0.29) is 0 Å². The quantitative estimate of drug-likeness (QED) is 0.826. The highest BCUT2D eigenvalue weighted by atomic mass is 35.5. The molecular formula is C17H21ClN2O. The van der Waals surface area contributed by atoms with Crippen molar-refractivity contribution in [2.24, 2.45) is 0 Å². The van der Waals surface area contributed by atoms with E-state index in [0.29, 0.717) is 17.5 Å². The molecule has 1 aromatic heterocycles. The van der Waals surface area contributed by atoms with Gasteiger partial charge in [0.1, 0.15) is 18.2 Å². The number of ether oxygens (including phenoxy) is 1. The second-order valence-corrected chi connectivity index (χ2v) is 5.54. The summed E-state index contributed by atoms with van der Waals surface area (Å²) in [7, 11) is 0. The summed E-state index contributed by atoms with van der Waals surface area (Å²) in [5, 5.41) is 3.80. The summed E-state index contributed by atoms with van der Waals surface area (Å²) < 4.78 is 5.92. The largest absolute Gasteiger partial charge is 0.487 e. The predicted molar refractivity (Wildman–Crippen MR) is 88.3 cm³/mol. The molecule has 21 heavy (non-hydrogen) atoms. The number of rotatable bonds is 6. The van der Waals surface area contributed by atoms with Crippen LogP contribution < -0.4 is 10.1 Å². The number of halogens is 1. The van der Waals surface area contributed by atoms with Gasteiger partial charge in [-0.05, 0) is 36.6 Å². The molecule has 4 heteroatoms. The van der Waals surface area contributed by atoms with E-state index in [1.807, 2.05) is 37.3 Å². The Morgan fingerprint density at radius 3 is 2.67 bits per heavy atom. The molecule has 2 rings (SSSR count). The first-order valence-corrected chi connectivity index (χ1v) is 7.60. The molecule has 112 valence electrons. The van der Waals surface area contributed by atoms with Gasteiger partial charge in [-0.1, -0.05) is 43.6 Å². The molecule has 2 aromatic rings. The molecule has 0 fully saturated rings. The first kappa shape index (κ1) is 15.6. The van der Waals surface area contributed by atoms with Crippen molar-refractivity contribution in [1.29, 1.82) is 0 Å². The Balaban J connectivity index is 2.15. The first-order valence-electron chi connectivity index (χ1n) is 7.22. The van der Waals surface area contributed by atoms with Crippen LogP contribution in [-0.2, 0) is 6.61 Å². The molecule has 0 unspecified atom stereocenters. The summed E-state index contributed by atoms with van der Waals surface area (Å²) in [6.45, 7) is 7.52. The average Bonchev–Trinajstić information content (AvgIpc) is 2.48. The molecule has 1 heterocycles. The summed E-state index contributed by atoms with van der Waals surface area (Å²) >= 11 is 6.19. The van der Waals surface area contributed by atoms with E-state index in [9.17, 15) is 0 Å². The fourth-order valence-corrected chi connectivity index (χ4v) is 2.26. The van der Waals surface area contributed by atoms with Crippen LogP contribution in [0, 0.1) is 0 Å². The number of para-hydroxylation sites is 1. The maximum atomic E-state index is 6.19. The van der Waals surface area contributed by atoms with Crippen LogP contribution in [0.2, 0.25) is 5.02 Å². The summed E-state index contributed by atoms with van der Waals surface area (Å²) in [5.74, 6) is 2.12. The average molecular weight is 305 g/mol. The van der Waals surface area contributed by atoms with Crippen molar-refractivity contribution in [2.45, 2.75) is 33.3 Å². The molecule has 0 saturated carbocycles. The van der Waals surface area contributed by atoms with Crippen molar-refractivity contribution in [3.63, 3.8) is 0 Å². The zero-order chi connectivity index (χ0) is 15.2. The minimum absolute atomic E-state index is 0.363. The minimum atomic E-state index is 0.363. The normalized spacial score (nSPS) is 10.7. The number of pyridine rings is 1. The molecule has 0 saturated heterocycles. The minimum Gasteiger partial charge on any atom is -0.487 e. The van der Waals surface area contributed by atoms with Crippen molar-refractivity contribution >= 4 is 17.4 Å². The zero-order valence-corrected chi connectivity index (χ0v) is 13.4. The van der Waals surface area contributed by atoms with Crippen molar-refractivity contribution in [1.82, 2.24) is 4.98 Å². The van der Waals surface area contributed by atoms with Gasteiger partial charge in [0.2, 0.25) is 0 Å². The molecule has 1 N–H and O–H groups in total. The number of nitrogens with zero attached hydrogens (tertiary/aromatic N) is 1. The second kappa shape index (κ2) is 7.32. The number of benzene rings is 1. The van der Waals surface area contributed by atoms with E-state index in [2.05, 4.69) is 30.2 Å². The number of nitrogens with one attached hydrogen (secondary N) is 1. The van der Waals surface area contributed by atoms with Gasteiger partial charge >= 0.3 is 0 Å². The lowest BCUT2D eigenvalue weighted by atomic mass is 10.0. The van der Waals surface area contributed by atoms with E-state index in [4.69, 9.17) is 16.3 Å². The Morgan fingerprint density at radius 1 is 1.19 bits per heavy atom. The van der Waals surface area contributed by atoms with Crippen molar-refractivity contribution in [3.8, 4) is 5.75 Å². The van der Waals surface area contributed by atoms with E-state index >= 15 is 0 Å². The Morgan fingerprint density at radius 2 is 1.95 bits per heavy atom. The van der Waals surface area contributed by atoms with Crippen LogP contribution in [0.15, 0.2) is 36.4 Å². The van der Waals surface area contributed by atoms with Crippen molar-refractivity contribution in [2.75, 3.05) is 11.9 Å². The van der Waals surface area contributed by atoms with E-state index in [1.165, 1.54) is 5.56 Å². The predicted octanol–water partition coefficient (Wildman–Crippen LogP) is 4.87. The van der Waals surface area contributed by atoms with E-state index in [0.717, 1.165) is 23.8 Å². The standard InChI is InChI=1S/C17H21ClN2O/c1-4-19-17-10-9-14(18)15(20-17)11-21-16-8-6-5-7-13(16)12(2)3/h5-10,12H,4,11H2,1-3H3,(H,19,20). The molecule has 0 amide bonds. The van der Waals surface area contributed by atoms with Crippen LogP contribution in [0.4, 0.5) is 5.82 Å². The van der Waals surface area contributed by atoms with Crippen molar-refractivity contribution < 1.29 is 4.74 Å². The summed E-state index contributed by atoms with van der Waals surface area (Å²) in [6.07, 6.45) is 0. The third kappa shape index (κ3) is 4.11. The Kier molecular flexibility index (Phi) is 5.45. The van der Waals surface area contributed by atoms with E-state index in [1.54, 1.807) is 0 Å². The van der Waals surface area contributed by atoms with Gasteiger partial charge in [0.05, 0.1) is 10.7 Å². The monoisotopic (exact) mass is 304 g/mol. The van der Waals surface area contributed by atoms with Gasteiger partial charge in [0, 0.05) is 6.54 Å². The topological polar surface area (TPSA) is 34.1 Å². The Hall–Kier alpha value is -1.74. The lowest BCUT2D eigenvalue weighted by Crippen LogP contribution is -2.05. The van der Waals surface area contributed by atoms with Crippen LogP contribution >= 0.6 is 11.6 Å². The lowest BCUT2D eigenvalue weighted by Gasteiger charge is -2.14. The Bertz CT molecular complexity index is 599. The van der Waals surface area contributed by atoms with E-state index < -0.39 is 0 Å². The van der Waals surface area contributed by atoms with Crippen molar-refractivity contribution in [3.05, 3.63) is 52.7 Å². The van der Waals surface area contributed by atoms with Gasteiger partial charge in [-0.3, -0.25) is 0 Å². The third-order valence-corrected chi connectivity index (χ3v) is 3.53. The molecular weight excluding hydrogens is 284 g/mol. The molecule has 3 nitrogen and oxygen atoms in total. The Labute approximate surface area is 131 Å². The molecule has 0 aliphatic carbocycles.